The Labute approximate surface area is 184 Å². The first-order chi connectivity index (χ1) is 15.0. The number of fused-ring (bicyclic) bond motifs is 1. The summed E-state index contributed by atoms with van der Waals surface area (Å²) in [6.07, 6.45) is 1.99. The highest BCUT2D eigenvalue weighted by Crippen LogP contribution is 2.21. The minimum Gasteiger partial charge on any atom is -0.465 e. The molecule has 3 aromatic rings. The van der Waals surface area contributed by atoms with Crippen LogP contribution in [0.4, 0.5) is 0 Å². The molecule has 31 heavy (non-hydrogen) atoms. The number of aromatic nitrogens is 2. The molecule has 0 saturated carbocycles. The van der Waals surface area contributed by atoms with Crippen molar-refractivity contribution in [3.05, 3.63) is 69.6 Å². The summed E-state index contributed by atoms with van der Waals surface area (Å²) in [6, 6.07) is 14.2. The molecule has 1 amide bonds. The number of likely N-dealkylation sites (tertiary alicyclic amines) is 1. The quantitative estimate of drug-likeness (QED) is 0.469. The third kappa shape index (κ3) is 4.82. The van der Waals surface area contributed by atoms with Crippen LogP contribution in [-0.2, 0) is 16.1 Å². The fourth-order valence-electron chi connectivity index (χ4n) is 3.97. The average molecular weight is 442 g/mol. The first-order valence-electron chi connectivity index (χ1n) is 10.4. The molecule has 1 aromatic heterocycles. The number of aromatic amines is 1. The van der Waals surface area contributed by atoms with Crippen molar-refractivity contribution in [2.24, 2.45) is 5.92 Å². The number of benzene rings is 2. The number of hydrogen-bond acceptors (Lipinski definition) is 4. The predicted molar refractivity (Wildman–Crippen MR) is 118 cm³/mol. The molecule has 162 valence electrons. The zero-order valence-corrected chi connectivity index (χ0v) is 17.8. The lowest BCUT2D eigenvalue weighted by Gasteiger charge is -2.31. The Balaban J connectivity index is 1.28. The predicted octanol–water partition coefficient (Wildman–Crippen LogP) is 3.47. The molecule has 8 heteroatoms. The normalized spacial score (nSPS) is 16.4. The van der Waals surface area contributed by atoms with E-state index in [1.165, 1.54) is 0 Å². The number of nitrogens with one attached hydrogen (secondary N) is 1. The summed E-state index contributed by atoms with van der Waals surface area (Å²) in [5.41, 5.74) is 2.01. The van der Waals surface area contributed by atoms with E-state index in [1.54, 1.807) is 33.7 Å². The van der Waals surface area contributed by atoms with E-state index in [0.717, 1.165) is 17.5 Å². The highest BCUT2D eigenvalue weighted by Gasteiger charge is 2.29. The topological polar surface area (TPSA) is 84.4 Å². The molecule has 0 aliphatic carbocycles. The number of H-pyrrole nitrogens is 1. The number of para-hydroxylation sites is 2. The van der Waals surface area contributed by atoms with Crippen molar-refractivity contribution < 1.29 is 14.3 Å². The standard InChI is InChI=1S/C23H24ClN3O4/c24-18-10-8-16(9-11-18)21(28)26-12-3-5-17(15-26)22(29)31-14-4-13-27-20-7-2-1-6-19(20)25-23(27)30/h1-2,6-11,17H,3-5,12-15H2,(H,25,30)/t17-/m0/s1. The number of imidazole rings is 1. The minimum atomic E-state index is -0.333. The molecule has 1 aliphatic heterocycles. The molecule has 1 atom stereocenters. The second kappa shape index (κ2) is 9.39. The molecule has 1 saturated heterocycles. The Kier molecular flexibility index (Phi) is 6.42. The van der Waals surface area contributed by atoms with Gasteiger partial charge in [-0.3, -0.25) is 14.2 Å². The van der Waals surface area contributed by atoms with Gasteiger partial charge in [0, 0.05) is 30.2 Å². The van der Waals surface area contributed by atoms with Crippen LogP contribution in [0.25, 0.3) is 11.0 Å². The van der Waals surface area contributed by atoms with Gasteiger partial charge < -0.3 is 14.6 Å². The molecule has 0 unspecified atom stereocenters. The van der Waals surface area contributed by atoms with Crippen LogP contribution in [0.2, 0.25) is 5.02 Å². The highest BCUT2D eigenvalue weighted by molar-refractivity contribution is 6.30. The molecule has 4 rings (SSSR count). The SMILES string of the molecule is O=C(OCCCn1c(=O)[nH]c2ccccc21)[C@H]1CCCN(C(=O)c2ccc(Cl)cc2)C1. The zero-order valence-electron chi connectivity index (χ0n) is 17.1. The van der Waals surface area contributed by atoms with Crippen LogP contribution in [0.15, 0.2) is 53.3 Å². The van der Waals surface area contributed by atoms with Crippen LogP contribution in [0.3, 0.4) is 0 Å². The Hall–Kier alpha value is -3.06. The Bertz CT molecular complexity index is 1140. The number of hydrogen-bond donors (Lipinski definition) is 1. The van der Waals surface area contributed by atoms with Crippen LogP contribution in [0.1, 0.15) is 29.6 Å². The molecule has 1 N–H and O–H groups in total. The van der Waals surface area contributed by atoms with E-state index in [1.807, 2.05) is 24.3 Å². The summed E-state index contributed by atoms with van der Waals surface area (Å²) in [7, 11) is 0. The molecule has 0 bridgehead atoms. The van der Waals surface area contributed by atoms with E-state index >= 15 is 0 Å². The van der Waals surface area contributed by atoms with Gasteiger partial charge in [0.15, 0.2) is 0 Å². The van der Waals surface area contributed by atoms with E-state index in [-0.39, 0.29) is 30.1 Å². The fourth-order valence-corrected chi connectivity index (χ4v) is 4.10. The first-order valence-corrected chi connectivity index (χ1v) is 10.8. The van der Waals surface area contributed by atoms with Gasteiger partial charge in [0.05, 0.1) is 23.6 Å². The lowest BCUT2D eigenvalue weighted by molar-refractivity contribution is -0.150. The summed E-state index contributed by atoms with van der Waals surface area (Å²) < 4.78 is 7.11. The smallest absolute Gasteiger partial charge is 0.326 e. The van der Waals surface area contributed by atoms with Crippen LogP contribution in [0.5, 0.6) is 0 Å². The minimum absolute atomic E-state index is 0.104. The van der Waals surface area contributed by atoms with Gasteiger partial charge in [0.1, 0.15) is 0 Å². The maximum absolute atomic E-state index is 12.7. The average Bonchev–Trinajstić information content (AvgIpc) is 3.11. The van der Waals surface area contributed by atoms with E-state index in [2.05, 4.69) is 4.98 Å². The molecule has 2 aromatic carbocycles. The summed E-state index contributed by atoms with van der Waals surface area (Å²) in [5, 5.41) is 0.576. The maximum Gasteiger partial charge on any atom is 0.326 e. The van der Waals surface area contributed by atoms with Crippen molar-refractivity contribution in [2.45, 2.75) is 25.8 Å². The fraction of sp³-hybridized carbons (Fsp3) is 0.348. The monoisotopic (exact) mass is 441 g/mol. The second-order valence-electron chi connectivity index (χ2n) is 7.72. The summed E-state index contributed by atoms with van der Waals surface area (Å²) in [5.74, 6) is -0.728. The number of aryl methyl sites for hydroxylation is 1. The number of ether oxygens (including phenoxy) is 1. The molecule has 2 heterocycles. The molecular weight excluding hydrogens is 418 g/mol. The van der Waals surface area contributed by atoms with Gasteiger partial charge in [-0.2, -0.15) is 0 Å². The van der Waals surface area contributed by atoms with Crippen LogP contribution >= 0.6 is 11.6 Å². The molecule has 7 nitrogen and oxygen atoms in total. The van der Waals surface area contributed by atoms with E-state index in [4.69, 9.17) is 16.3 Å². The van der Waals surface area contributed by atoms with Crippen molar-refractivity contribution in [2.75, 3.05) is 19.7 Å². The van der Waals surface area contributed by atoms with E-state index < -0.39 is 0 Å². The van der Waals surface area contributed by atoms with Gasteiger partial charge in [-0.15, -0.1) is 0 Å². The highest BCUT2D eigenvalue weighted by atomic mass is 35.5. The second-order valence-corrected chi connectivity index (χ2v) is 8.15. The first kappa shape index (κ1) is 21.2. The van der Waals surface area contributed by atoms with Crippen molar-refractivity contribution in [1.82, 2.24) is 14.5 Å². The van der Waals surface area contributed by atoms with Crippen LogP contribution in [-0.4, -0.2) is 46.0 Å². The Morgan fingerprint density at radius 1 is 1.13 bits per heavy atom. The number of rotatable bonds is 6. The maximum atomic E-state index is 12.7. The number of halogens is 1. The van der Waals surface area contributed by atoms with Crippen molar-refractivity contribution in [1.29, 1.82) is 0 Å². The third-order valence-electron chi connectivity index (χ3n) is 5.59. The molecule has 1 fully saturated rings. The number of esters is 1. The Morgan fingerprint density at radius 2 is 1.90 bits per heavy atom. The summed E-state index contributed by atoms with van der Waals surface area (Å²) >= 11 is 5.89. The molecule has 0 radical (unpaired) electrons. The molecule has 0 spiro atoms. The van der Waals surface area contributed by atoms with Gasteiger partial charge >= 0.3 is 11.7 Å². The Morgan fingerprint density at radius 3 is 2.71 bits per heavy atom. The number of nitrogens with zero attached hydrogens (tertiary/aromatic N) is 2. The summed E-state index contributed by atoms with van der Waals surface area (Å²) in [6.45, 7) is 1.66. The van der Waals surface area contributed by atoms with Gasteiger partial charge in [0.25, 0.3) is 5.91 Å². The van der Waals surface area contributed by atoms with E-state index in [0.29, 0.717) is 43.1 Å². The molecule has 1 aliphatic rings. The summed E-state index contributed by atoms with van der Waals surface area (Å²) in [4.78, 5) is 41.9. The number of piperidine rings is 1. The van der Waals surface area contributed by atoms with E-state index in [9.17, 15) is 14.4 Å². The van der Waals surface area contributed by atoms with Crippen molar-refractivity contribution in [3.8, 4) is 0 Å². The lowest BCUT2D eigenvalue weighted by Crippen LogP contribution is -2.42. The lowest BCUT2D eigenvalue weighted by atomic mass is 9.97. The largest absolute Gasteiger partial charge is 0.465 e. The van der Waals surface area contributed by atoms with Crippen LogP contribution < -0.4 is 5.69 Å². The number of carbonyl (C=O) groups is 2. The zero-order chi connectivity index (χ0) is 21.8. The van der Waals surface area contributed by atoms with Gasteiger partial charge in [0.2, 0.25) is 0 Å². The number of amides is 1. The third-order valence-corrected chi connectivity index (χ3v) is 5.84. The van der Waals surface area contributed by atoms with Crippen molar-refractivity contribution >= 4 is 34.5 Å². The van der Waals surface area contributed by atoms with Gasteiger partial charge in [-0.1, -0.05) is 23.7 Å². The number of carbonyl (C=O) groups excluding carboxylic acids is 2. The van der Waals surface area contributed by atoms with Crippen molar-refractivity contribution in [3.63, 3.8) is 0 Å². The molecular formula is C23H24ClN3O4. The van der Waals surface area contributed by atoms with Crippen LogP contribution in [0, 0.1) is 5.92 Å². The van der Waals surface area contributed by atoms with Gasteiger partial charge in [-0.05, 0) is 55.7 Å². The van der Waals surface area contributed by atoms with Gasteiger partial charge in [-0.25, -0.2) is 4.79 Å².